The van der Waals surface area contributed by atoms with Crippen LogP contribution >= 0.6 is 0 Å². The summed E-state index contributed by atoms with van der Waals surface area (Å²) in [5.74, 6) is -1.44. The lowest BCUT2D eigenvalue weighted by atomic mass is 10.0. The van der Waals surface area contributed by atoms with Gasteiger partial charge in [0.1, 0.15) is 5.41 Å². The zero-order valence-corrected chi connectivity index (χ0v) is 12.2. The number of carboxylic acid groups (broad SMARTS) is 1. The number of aliphatic carboxylic acids is 1. The van der Waals surface area contributed by atoms with E-state index in [1.165, 1.54) is 0 Å². The molecule has 0 aliphatic heterocycles. The second kappa shape index (κ2) is 5.29. The average molecular weight is 299 g/mol. The summed E-state index contributed by atoms with van der Waals surface area (Å²) in [7, 11) is 1.84. The lowest BCUT2D eigenvalue weighted by Gasteiger charge is -2.13. The van der Waals surface area contributed by atoms with Gasteiger partial charge in [-0.05, 0) is 24.0 Å². The Morgan fingerprint density at radius 1 is 1.36 bits per heavy atom. The minimum Gasteiger partial charge on any atom is -0.480 e. The molecule has 1 aliphatic rings. The Hall–Kier alpha value is -2.63. The summed E-state index contributed by atoms with van der Waals surface area (Å²) >= 11 is 0. The van der Waals surface area contributed by atoms with Gasteiger partial charge in [-0.15, -0.1) is 0 Å². The van der Waals surface area contributed by atoms with Crippen LogP contribution in [-0.4, -0.2) is 26.8 Å². The minimum atomic E-state index is -1.21. The SMILES string of the molecule is Cn1cc(-c2ccccc2CNC(=O)C2(C(=O)O)CC2)cn1. The molecular formula is C16H17N3O3. The van der Waals surface area contributed by atoms with Crippen LogP contribution in [0.15, 0.2) is 36.7 Å². The molecule has 6 nitrogen and oxygen atoms in total. The highest BCUT2D eigenvalue weighted by molar-refractivity contribution is 6.04. The fraction of sp³-hybridized carbons (Fsp3) is 0.312. The average Bonchev–Trinajstić information content (AvgIpc) is 3.22. The highest BCUT2D eigenvalue weighted by Gasteiger charge is 2.56. The second-order valence-corrected chi connectivity index (χ2v) is 5.63. The molecule has 0 unspecified atom stereocenters. The van der Waals surface area contributed by atoms with Gasteiger partial charge in [-0.3, -0.25) is 14.3 Å². The Balaban J connectivity index is 1.76. The van der Waals surface area contributed by atoms with Crippen molar-refractivity contribution in [1.82, 2.24) is 15.1 Å². The lowest BCUT2D eigenvalue weighted by molar-refractivity contribution is -0.149. The number of nitrogens with one attached hydrogen (secondary N) is 1. The molecule has 0 bridgehead atoms. The Morgan fingerprint density at radius 3 is 2.68 bits per heavy atom. The van der Waals surface area contributed by atoms with Crippen LogP contribution in [0.1, 0.15) is 18.4 Å². The maximum Gasteiger partial charge on any atom is 0.319 e. The number of benzene rings is 1. The number of hydrogen-bond acceptors (Lipinski definition) is 3. The molecule has 1 fully saturated rings. The molecule has 1 saturated carbocycles. The van der Waals surface area contributed by atoms with Crippen LogP contribution in [0.25, 0.3) is 11.1 Å². The van der Waals surface area contributed by atoms with E-state index < -0.39 is 17.3 Å². The Bertz CT molecular complexity index is 732. The molecule has 1 amide bonds. The van der Waals surface area contributed by atoms with E-state index in [2.05, 4.69) is 10.4 Å². The largest absolute Gasteiger partial charge is 0.480 e. The number of aryl methyl sites for hydroxylation is 1. The maximum absolute atomic E-state index is 12.1. The van der Waals surface area contributed by atoms with Crippen molar-refractivity contribution in [3.05, 3.63) is 42.2 Å². The zero-order chi connectivity index (χ0) is 15.7. The molecular weight excluding hydrogens is 282 g/mol. The topological polar surface area (TPSA) is 84.2 Å². The van der Waals surface area contributed by atoms with Crippen LogP contribution in [-0.2, 0) is 23.2 Å². The summed E-state index contributed by atoms with van der Waals surface area (Å²) in [6.07, 6.45) is 4.50. The number of nitrogens with zero attached hydrogens (tertiary/aromatic N) is 2. The molecule has 0 spiro atoms. The minimum absolute atomic E-state index is 0.304. The number of amides is 1. The first-order valence-electron chi connectivity index (χ1n) is 7.11. The van der Waals surface area contributed by atoms with E-state index in [4.69, 9.17) is 5.11 Å². The van der Waals surface area contributed by atoms with E-state index in [-0.39, 0.29) is 0 Å². The van der Waals surface area contributed by atoms with Gasteiger partial charge in [0.05, 0.1) is 6.20 Å². The summed E-state index contributed by atoms with van der Waals surface area (Å²) in [5.41, 5.74) is 1.68. The van der Waals surface area contributed by atoms with Gasteiger partial charge < -0.3 is 10.4 Å². The maximum atomic E-state index is 12.1. The molecule has 22 heavy (non-hydrogen) atoms. The highest BCUT2D eigenvalue weighted by atomic mass is 16.4. The first-order chi connectivity index (χ1) is 10.5. The predicted molar refractivity (Wildman–Crippen MR) is 79.8 cm³/mol. The standard InChI is InChI=1S/C16H17N3O3/c1-19-10-12(9-18-19)13-5-3-2-4-11(13)8-17-14(20)16(6-7-16)15(21)22/h2-5,9-10H,6-8H2,1H3,(H,17,20)(H,21,22). The van der Waals surface area contributed by atoms with Gasteiger partial charge in [0.15, 0.2) is 0 Å². The van der Waals surface area contributed by atoms with Gasteiger partial charge in [0, 0.05) is 25.4 Å². The van der Waals surface area contributed by atoms with E-state index in [0.29, 0.717) is 19.4 Å². The van der Waals surface area contributed by atoms with Crippen molar-refractivity contribution < 1.29 is 14.7 Å². The third-order valence-electron chi connectivity index (χ3n) is 4.07. The Labute approximate surface area is 127 Å². The van der Waals surface area contributed by atoms with Crippen molar-refractivity contribution in [1.29, 1.82) is 0 Å². The van der Waals surface area contributed by atoms with E-state index in [9.17, 15) is 9.59 Å². The third kappa shape index (κ3) is 2.47. The smallest absolute Gasteiger partial charge is 0.319 e. The summed E-state index contributed by atoms with van der Waals surface area (Å²) < 4.78 is 1.72. The number of carbonyl (C=O) groups is 2. The third-order valence-corrected chi connectivity index (χ3v) is 4.07. The molecule has 6 heteroatoms. The Morgan fingerprint density at radius 2 is 2.09 bits per heavy atom. The molecule has 2 aromatic rings. The molecule has 1 aromatic carbocycles. The van der Waals surface area contributed by atoms with E-state index in [1.807, 2.05) is 37.5 Å². The van der Waals surface area contributed by atoms with Crippen LogP contribution < -0.4 is 5.32 Å². The molecule has 114 valence electrons. The molecule has 3 rings (SSSR count). The van der Waals surface area contributed by atoms with Gasteiger partial charge in [-0.25, -0.2) is 0 Å². The molecule has 2 N–H and O–H groups in total. The van der Waals surface area contributed by atoms with Gasteiger partial charge in [0.2, 0.25) is 5.91 Å². The van der Waals surface area contributed by atoms with Gasteiger partial charge >= 0.3 is 5.97 Å². The summed E-state index contributed by atoms with van der Waals surface area (Å²) in [6.45, 7) is 0.304. The highest BCUT2D eigenvalue weighted by Crippen LogP contribution is 2.46. The van der Waals surface area contributed by atoms with Crippen LogP contribution in [0.3, 0.4) is 0 Å². The number of aromatic nitrogens is 2. The first-order valence-corrected chi connectivity index (χ1v) is 7.11. The summed E-state index contributed by atoms with van der Waals surface area (Å²) in [6, 6.07) is 7.70. The van der Waals surface area contributed by atoms with E-state index >= 15 is 0 Å². The van der Waals surface area contributed by atoms with Crippen LogP contribution in [0.2, 0.25) is 0 Å². The monoisotopic (exact) mass is 299 g/mol. The lowest BCUT2D eigenvalue weighted by Crippen LogP contribution is -2.36. The fourth-order valence-corrected chi connectivity index (χ4v) is 2.52. The molecule has 1 heterocycles. The number of hydrogen-bond donors (Lipinski definition) is 2. The van der Waals surface area contributed by atoms with E-state index in [1.54, 1.807) is 10.9 Å². The van der Waals surface area contributed by atoms with Gasteiger partial charge in [0.25, 0.3) is 0 Å². The van der Waals surface area contributed by atoms with Crippen molar-refractivity contribution in [3.63, 3.8) is 0 Å². The Kier molecular flexibility index (Phi) is 3.44. The first kappa shape index (κ1) is 14.3. The van der Waals surface area contributed by atoms with Crippen LogP contribution in [0.5, 0.6) is 0 Å². The molecule has 0 atom stereocenters. The predicted octanol–water partition coefficient (Wildman–Crippen LogP) is 1.57. The molecule has 0 saturated heterocycles. The van der Waals surface area contributed by atoms with Crippen molar-refractivity contribution in [2.24, 2.45) is 12.5 Å². The molecule has 1 aromatic heterocycles. The fourth-order valence-electron chi connectivity index (χ4n) is 2.52. The van der Waals surface area contributed by atoms with Crippen molar-refractivity contribution in [2.75, 3.05) is 0 Å². The van der Waals surface area contributed by atoms with Crippen molar-refractivity contribution >= 4 is 11.9 Å². The van der Waals surface area contributed by atoms with Crippen LogP contribution in [0, 0.1) is 5.41 Å². The quantitative estimate of drug-likeness (QED) is 0.821. The van der Waals surface area contributed by atoms with E-state index in [0.717, 1.165) is 16.7 Å². The van der Waals surface area contributed by atoms with Crippen molar-refractivity contribution in [2.45, 2.75) is 19.4 Å². The van der Waals surface area contributed by atoms with Gasteiger partial charge in [-0.1, -0.05) is 24.3 Å². The molecule has 0 radical (unpaired) electrons. The normalized spacial score (nSPS) is 15.3. The van der Waals surface area contributed by atoms with Gasteiger partial charge in [-0.2, -0.15) is 5.10 Å². The molecule has 1 aliphatic carbocycles. The van der Waals surface area contributed by atoms with Crippen molar-refractivity contribution in [3.8, 4) is 11.1 Å². The van der Waals surface area contributed by atoms with Crippen LogP contribution in [0.4, 0.5) is 0 Å². The zero-order valence-electron chi connectivity index (χ0n) is 12.2. The number of carboxylic acids is 1. The number of carbonyl (C=O) groups excluding carboxylic acids is 1. The second-order valence-electron chi connectivity index (χ2n) is 5.63. The summed E-state index contributed by atoms with van der Waals surface area (Å²) in [5, 5.41) is 16.0. The summed E-state index contributed by atoms with van der Waals surface area (Å²) in [4.78, 5) is 23.2. The number of rotatable bonds is 5.